The average molecular weight is 210 g/mol. The molecule has 0 radical (unpaired) electrons. The number of nitrogen functional groups attached to an aromatic ring is 1. The summed E-state index contributed by atoms with van der Waals surface area (Å²) in [6, 6.07) is 11.4. The second-order valence-corrected chi connectivity index (χ2v) is 3.59. The molecule has 0 atom stereocenters. The van der Waals surface area contributed by atoms with Gasteiger partial charge in [0.05, 0.1) is 5.52 Å². The number of rotatable bonds is 1. The third-order valence-corrected chi connectivity index (χ3v) is 2.42. The van der Waals surface area contributed by atoms with E-state index >= 15 is 0 Å². The van der Waals surface area contributed by atoms with E-state index in [1.165, 1.54) is 0 Å². The molecule has 0 bridgehead atoms. The number of nitrogens with two attached hydrogens (primary N) is 1. The number of nitrogens with zero attached hydrogens (tertiary/aromatic N) is 2. The van der Waals surface area contributed by atoms with Crippen LogP contribution in [0.1, 0.15) is 0 Å². The van der Waals surface area contributed by atoms with E-state index in [-0.39, 0.29) is 0 Å². The molecule has 78 valence electrons. The van der Waals surface area contributed by atoms with Crippen molar-refractivity contribution in [1.29, 1.82) is 0 Å². The largest absolute Gasteiger partial charge is 0.399 e. The van der Waals surface area contributed by atoms with Crippen molar-refractivity contribution in [2.45, 2.75) is 0 Å². The third kappa shape index (κ3) is 1.40. The van der Waals surface area contributed by atoms with Gasteiger partial charge in [-0.1, -0.05) is 12.1 Å². The Hall–Kier alpha value is -2.36. The standard InChI is InChI=1S/C12H10N4/c13-9-4-1-3-8(7-9)11-15-10-5-2-6-14-12(10)16-11/h1-7H,13H2,(H,14,15,16). The summed E-state index contributed by atoms with van der Waals surface area (Å²) in [5.74, 6) is 0.793. The Morgan fingerprint density at radius 2 is 2.06 bits per heavy atom. The first-order chi connectivity index (χ1) is 7.83. The van der Waals surface area contributed by atoms with E-state index in [4.69, 9.17) is 5.73 Å². The first kappa shape index (κ1) is 8.91. The predicted molar refractivity (Wildman–Crippen MR) is 63.7 cm³/mol. The number of nitrogens with one attached hydrogen (secondary N) is 1. The van der Waals surface area contributed by atoms with Crippen molar-refractivity contribution in [1.82, 2.24) is 15.0 Å². The average Bonchev–Trinajstić information content (AvgIpc) is 2.72. The van der Waals surface area contributed by atoms with E-state index in [0.29, 0.717) is 0 Å². The maximum absolute atomic E-state index is 5.73. The monoisotopic (exact) mass is 210 g/mol. The Balaban J connectivity index is 2.19. The summed E-state index contributed by atoms with van der Waals surface area (Å²) in [5.41, 5.74) is 9.08. The number of aromatic nitrogens is 3. The van der Waals surface area contributed by atoms with E-state index in [1.807, 2.05) is 36.4 Å². The normalized spacial score (nSPS) is 10.8. The summed E-state index contributed by atoms with van der Waals surface area (Å²) in [6.07, 6.45) is 1.73. The van der Waals surface area contributed by atoms with Gasteiger partial charge >= 0.3 is 0 Å². The van der Waals surface area contributed by atoms with Gasteiger partial charge in [-0.25, -0.2) is 9.97 Å². The van der Waals surface area contributed by atoms with Crippen molar-refractivity contribution >= 4 is 16.9 Å². The fourth-order valence-corrected chi connectivity index (χ4v) is 1.67. The van der Waals surface area contributed by atoms with E-state index in [9.17, 15) is 0 Å². The summed E-state index contributed by atoms with van der Waals surface area (Å²) in [7, 11) is 0. The van der Waals surface area contributed by atoms with Gasteiger partial charge < -0.3 is 10.7 Å². The highest BCUT2D eigenvalue weighted by Crippen LogP contribution is 2.20. The number of benzene rings is 1. The quantitative estimate of drug-likeness (QED) is 0.605. The minimum absolute atomic E-state index is 0.722. The molecule has 0 saturated carbocycles. The molecule has 0 aliphatic rings. The van der Waals surface area contributed by atoms with Crippen LogP contribution >= 0.6 is 0 Å². The number of imidazole rings is 1. The molecule has 0 spiro atoms. The van der Waals surface area contributed by atoms with Crippen LogP contribution in [0.25, 0.3) is 22.6 Å². The maximum atomic E-state index is 5.73. The zero-order chi connectivity index (χ0) is 11.0. The molecule has 0 saturated heterocycles. The summed E-state index contributed by atoms with van der Waals surface area (Å²) in [5, 5.41) is 0. The lowest BCUT2D eigenvalue weighted by atomic mass is 10.2. The van der Waals surface area contributed by atoms with Crippen LogP contribution in [0.15, 0.2) is 42.6 Å². The molecule has 3 rings (SSSR count). The van der Waals surface area contributed by atoms with Crippen LogP contribution < -0.4 is 5.73 Å². The summed E-state index contributed by atoms with van der Waals surface area (Å²) in [6.45, 7) is 0. The molecule has 16 heavy (non-hydrogen) atoms. The van der Waals surface area contributed by atoms with Crippen molar-refractivity contribution in [2.75, 3.05) is 5.73 Å². The number of fused-ring (bicyclic) bond motifs is 1. The van der Waals surface area contributed by atoms with E-state index in [0.717, 1.165) is 28.2 Å². The molecule has 3 aromatic rings. The SMILES string of the molecule is Nc1cccc(-c2nc3ncccc3[nH]2)c1. The van der Waals surface area contributed by atoms with Gasteiger partial charge in [-0.3, -0.25) is 0 Å². The van der Waals surface area contributed by atoms with Crippen LogP contribution in [-0.2, 0) is 0 Å². The van der Waals surface area contributed by atoms with E-state index in [2.05, 4.69) is 15.0 Å². The molecule has 0 unspecified atom stereocenters. The smallest absolute Gasteiger partial charge is 0.178 e. The minimum Gasteiger partial charge on any atom is -0.399 e. The third-order valence-electron chi connectivity index (χ3n) is 2.42. The van der Waals surface area contributed by atoms with Gasteiger partial charge in [-0.2, -0.15) is 0 Å². The molecule has 0 fully saturated rings. The molecule has 3 N–H and O–H groups in total. The number of aromatic amines is 1. The van der Waals surface area contributed by atoms with Crippen molar-refractivity contribution in [2.24, 2.45) is 0 Å². The van der Waals surface area contributed by atoms with Gasteiger partial charge in [0, 0.05) is 17.4 Å². The number of hydrogen-bond acceptors (Lipinski definition) is 3. The van der Waals surface area contributed by atoms with Crippen LogP contribution in [0.4, 0.5) is 5.69 Å². The topological polar surface area (TPSA) is 67.6 Å². The maximum Gasteiger partial charge on any atom is 0.178 e. The van der Waals surface area contributed by atoms with E-state index in [1.54, 1.807) is 6.20 Å². The number of H-pyrrole nitrogens is 1. The van der Waals surface area contributed by atoms with Crippen LogP contribution in [-0.4, -0.2) is 15.0 Å². The fraction of sp³-hybridized carbons (Fsp3) is 0. The second kappa shape index (κ2) is 3.34. The van der Waals surface area contributed by atoms with Gasteiger partial charge in [-0.15, -0.1) is 0 Å². The Kier molecular flexibility index (Phi) is 1.86. The van der Waals surface area contributed by atoms with E-state index < -0.39 is 0 Å². The van der Waals surface area contributed by atoms with Crippen LogP contribution in [0.2, 0.25) is 0 Å². The zero-order valence-corrected chi connectivity index (χ0v) is 8.51. The fourth-order valence-electron chi connectivity index (χ4n) is 1.67. The molecule has 4 nitrogen and oxygen atoms in total. The van der Waals surface area contributed by atoms with Gasteiger partial charge in [0.25, 0.3) is 0 Å². The molecule has 0 aliphatic heterocycles. The van der Waals surface area contributed by atoms with Crippen LogP contribution in [0, 0.1) is 0 Å². The van der Waals surface area contributed by atoms with Gasteiger partial charge in [-0.05, 0) is 24.3 Å². The lowest BCUT2D eigenvalue weighted by Crippen LogP contribution is -1.86. The molecule has 0 amide bonds. The number of hydrogen-bond donors (Lipinski definition) is 2. The molecule has 2 aromatic heterocycles. The molecule has 1 aromatic carbocycles. The van der Waals surface area contributed by atoms with Crippen LogP contribution in [0.3, 0.4) is 0 Å². The van der Waals surface area contributed by atoms with Gasteiger partial charge in [0.15, 0.2) is 5.65 Å². The molecular weight excluding hydrogens is 200 g/mol. The Labute approximate surface area is 92.2 Å². The van der Waals surface area contributed by atoms with Gasteiger partial charge in [0.2, 0.25) is 0 Å². The second-order valence-electron chi connectivity index (χ2n) is 3.59. The number of anilines is 1. The van der Waals surface area contributed by atoms with Crippen molar-refractivity contribution in [3.8, 4) is 11.4 Å². The highest BCUT2D eigenvalue weighted by atomic mass is 15.0. The summed E-state index contributed by atoms with van der Waals surface area (Å²) >= 11 is 0. The minimum atomic E-state index is 0.722. The van der Waals surface area contributed by atoms with Crippen molar-refractivity contribution in [3.05, 3.63) is 42.6 Å². The molecule has 0 aliphatic carbocycles. The molecular formula is C12H10N4. The Bertz CT molecular complexity index is 609. The summed E-state index contributed by atoms with van der Waals surface area (Å²) in [4.78, 5) is 11.8. The lowest BCUT2D eigenvalue weighted by molar-refractivity contribution is 1.30. The number of pyridine rings is 1. The van der Waals surface area contributed by atoms with Crippen molar-refractivity contribution < 1.29 is 0 Å². The Morgan fingerprint density at radius 1 is 1.12 bits per heavy atom. The van der Waals surface area contributed by atoms with Gasteiger partial charge in [0.1, 0.15) is 5.82 Å². The molecule has 4 heteroatoms. The lowest BCUT2D eigenvalue weighted by Gasteiger charge is -1.97. The highest BCUT2D eigenvalue weighted by Gasteiger charge is 2.05. The first-order valence-electron chi connectivity index (χ1n) is 4.99. The highest BCUT2D eigenvalue weighted by molar-refractivity contribution is 5.76. The van der Waals surface area contributed by atoms with Crippen molar-refractivity contribution in [3.63, 3.8) is 0 Å². The zero-order valence-electron chi connectivity index (χ0n) is 8.51. The first-order valence-corrected chi connectivity index (χ1v) is 4.99. The molecule has 2 heterocycles. The predicted octanol–water partition coefficient (Wildman–Crippen LogP) is 2.21. The van der Waals surface area contributed by atoms with Crippen LogP contribution in [0.5, 0.6) is 0 Å². The summed E-state index contributed by atoms with van der Waals surface area (Å²) < 4.78 is 0. The Morgan fingerprint density at radius 3 is 2.88 bits per heavy atom.